The van der Waals surface area contributed by atoms with Gasteiger partial charge in [-0.2, -0.15) is 0 Å². The molecule has 13 heavy (non-hydrogen) atoms. The first-order valence-corrected chi connectivity index (χ1v) is 5.09. The van der Waals surface area contributed by atoms with Gasteiger partial charge in [0.1, 0.15) is 0 Å². The molecule has 1 aromatic rings. The Morgan fingerprint density at radius 1 is 1.54 bits per heavy atom. The normalized spacial score (nSPS) is 14.9. The Kier molecular flexibility index (Phi) is 2.12. The third kappa shape index (κ3) is 1.37. The van der Waals surface area contributed by atoms with Crippen LogP contribution in [-0.2, 0) is 6.54 Å². The summed E-state index contributed by atoms with van der Waals surface area (Å²) in [5.41, 5.74) is 1.98. The smallest absolute Gasteiger partial charge is 0.254 e. The van der Waals surface area contributed by atoms with Crippen molar-refractivity contribution in [3.63, 3.8) is 0 Å². The van der Waals surface area contributed by atoms with Crippen LogP contribution in [0.15, 0.2) is 22.7 Å². The highest BCUT2D eigenvalue weighted by molar-refractivity contribution is 9.10. The molecule has 1 amide bonds. The molecule has 0 unspecified atom stereocenters. The highest BCUT2D eigenvalue weighted by Gasteiger charge is 2.25. The number of benzene rings is 1. The van der Waals surface area contributed by atoms with Crippen LogP contribution in [0.3, 0.4) is 0 Å². The third-order valence-corrected chi connectivity index (χ3v) is 2.82. The molecule has 1 aliphatic heterocycles. The third-order valence-electron chi connectivity index (χ3n) is 2.33. The van der Waals surface area contributed by atoms with E-state index < -0.39 is 0 Å². The van der Waals surface area contributed by atoms with E-state index in [4.69, 9.17) is 0 Å². The topological polar surface area (TPSA) is 20.3 Å². The van der Waals surface area contributed by atoms with E-state index in [1.54, 1.807) is 0 Å². The first-order chi connectivity index (χ1) is 6.22. The molecule has 0 atom stereocenters. The summed E-state index contributed by atoms with van der Waals surface area (Å²) in [6.07, 6.45) is 0. The summed E-state index contributed by atoms with van der Waals surface area (Å²) in [4.78, 5) is 13.5. The second kappa shape index (κ2) is 3.14. The minimum Gasteiger partial charge on any atom is -0.335 e. The number of halogens is 1. The van der Waals surface area contributed by atoms with Crippen LogP contribution in [0.4, 0.5) is 0 Å². The summed E-state index contributed by atoms with van der Waals surface area (Å²) >= 11 is 3.40. The lowest BCUT2D eigenvalue weighted by molar-refractivity contribution is 0.0787. The van der Waals surface area contributed by atoms with Crippen molar-refractivity contribution in [2.45, 2.75) is 13.5 Å². The first kappa shape index (κ1) is 8.75. The van der Waals surface area contributed by atoms with E-state index >= 15 is 0 Å². The van der Waals surface area contributed by atoms with Crippen LogP contribution in [0.1, 0.15) is 22.8 Å². The summed E-state index contributed by atoms with van der Waals surface area (Å²) in [7, 11) is 0. The van der Waals surface area contributed by atoms with E-state index in [1.165, 1.54) is 0 Å². The quantitative estimate of drug-likeness (QED) is 0.738. The van der Waals surface area contributed by atoms with Gasteiger partial charge in [0.2, 0.25) is 0 Å². The van der Waals surface area contributed by atoms with Gasteiger partial charge in [-0.1, -0.05) is 15.9 Å². The van der Waals surface area contributed by atoms with E-state index in [2.05, 4.69) is 15.9 Å². The molecule has 1 aliphatic rings. The highest BCUT2D eigenvalue weighted by atomic mass is 79.9. The van der Waals surface area contributed by atoms with Gasteiger partial charge < -0.3 is 4.90 Å². The predicted molar refractivity (Wildman–Crippen MR) is 54.6 cm³/mol. The highest BCUT2D eigenvalue weighted by Crippen LogP contribution is 2.25. The van der Waals surface area contributed by atoms with Gasteiger partial charge in [0.15, 0.2) is 0 Å². The van der Waals surface area contributed by atoms with E-state index in [-0.39, 0.29) is 5.91 Å². The Balaban J connectivity index is 2.44. The molecule has 1 aromatic carbocycles. The van der Waals surface area contributed by atoms with Crippen molar-refractivity contribution < 1.29 is 4.79 Å². The van der Waals surface area contributed by atoms with Gasteiger partial charge in [-0.15, -0.1) is 0 Å². The molecule has 3 heteroatoms. The molecule has 0 saturated heterocycles. The van der Waals surface area contributed by atoms with Gasteiger partial charge in [-0.05, 0) is 30.7 Å². The Morgan fingerprint density at radius 2 is 2.31 bits per heavy atom. The lowest BCUT2D eigenvalue weighted by Gasteiger charge is -2.10. The van der Waals surface area contributed by atoms with Crippen LogP contribution < -0.4 is 0 Å². The average Bonchev–Trinajstić information content (AvgIpc) is 2.42. The fourth-order valence-corrected chi connectivity index (χ4v) is 2.01. The molecule has 0 radical (unpaired) electrons. The SMILES string of the molecule is CCN1Cc2cc(Br)ccc2C1=O. The van der Waals surface area contributed by atoms with Crippen LogP contribution in [0.25, 0.3) is 0 Å². The summed E-state index contributed by atoms with van der Waals surface area (Å²) < 4.78 is 1.04. The second-order valence-corrected chi connectivity index (χ2v) is 4.04. The van der Waals surface area contributed by atoms with Crippen LogP contribution in [0, 0.1) is 0 Å². The molecule has 1 heterocycles. The molecule has 0 fully saturated rings. The largest absolute Gasteiger partial charge is 0.335 e. The van der Waals surface area contributed by atoms with Gasteiger partial charge >= 0.3 is 0 Å². The standard InChI is InChI=1S/C10H10BrNO/c1-2-12-6-7-5-8(11)3-4-9(7)10(12)13/h3-5H,2,6H2,1H3. The molecule has 0 aliphatic carbocycles. The Morgan fingerprint density at radius 3 is 3.00 bits per heavy atom. The number of rotatable bonds is 1. The number of fused-ring (bicyclic) bond motifs is 1. The summed E-state index contributed by atoms with van der Waals surface area (Å²) in [5.74, 6) is 0.157. The molecule has 0 aromatic heterocycles. The lowest BCUT2D eigenvalue weighted by atomic mass is 10.1. The zero-order valence-electron chi connectivity index (χ0n) is 7.38. The maximum atomic E-state index is 11.6. The number of nitrogens with zero attached hydrogens (tertiary/aromatic N) is 1. The van der Waals surface area contributed by atoms with E-state index in [1.807, 2.05) is 30.0 Å². The van der Waals surface area contributed by atoms with Gasteiger partial charge in [-0.3, -0.25) is 4.79 Å². The number of hydrogen-bond donors (Lipinski definition) is 0. The Hall–Kier alpha value is -0.830. The molecule has 0 N–H and O–H groups in total. The Bertz CT molecular complexity index is 362. The van der Waals surface area contributed by atoms with Gasteiger partial charge in [0.05, 0.1) is 0 Å². The fraction of sp³-hybridized carbons (Fsp3) is 0.300. The number of carbonyl (C=O) groups excluding carboxylic acids is 1. The van der Waals surface area contributed by atoms with E-state index in [0.29, 0.717) is 0 Å². The van der Waals surface area contributed by atoms with Crippen molar-refractivity contribution >= 4 is 21.8 Å². The molecule has 68 valence electrons. The van der Waals surface area contributed by atoms with Crippen molar-refractivity contribution in [2.75, 3.05) is 6.54 Å². The number of hydrogen-bond acceptors (Lipinski definition) is 1. The van der Waals surface area contributed by atoms with Crippen LogP contribution in [-0.4, -0.2) is 17.4 Å². The second-order valence-electron chi connectivity index (χ2n) is 3.12. The summed E-state index contributed by atoms with van der Waals surface area (Å²) in [6, 6.07) is 5.82. The van der Waals surface area contributed by atoms with Crippen LogP contribution >= 0.6 is 15.9 Å². The van der Waals surface area contributed by atoms with Crippen molar-refractivity contribution in [3.05, 3.63) is 33.8 Å². The number of amides is 1. The molecule has 0 saturated carbocycles. The van der Waals surface area contributed by atoms with Crippen molar-refractivity contribution in [1.82, 2.24) is 4.90 Å². The average molecular weight is 240 g/mol. The first-order valence-electron chi connectivity index (χ1n) is 4.30. The maximum absolute atomic E-state index is 11.6. The van der Waals surface area contributed by atoms with E-state index in [0.717, 1.165) is 28.7 Å². The number of carbonyl (C=O) groups is 1. The maximum Gasteiger partial charge on any atom is 0.254 e. The molecular formula is C10H10BrNO. The van der Waals surface area contributed by atoms with Crippen molar-refractivity contribution in [2.24, 2.45) is 0 Å². The van der Waals surface area contributed by atoms with Gasteiger partial charge in [0, 0.05) is 23.1 Å². The van der Waals surface area contributed by atoms with Crippen LogP contribution in [0.5, 0.6) is 0 Å². The Labute approximate surface area is 85.7 Å². The molecule has 2 rings (SSSR count). The minimum absolute atomic E-state index is 0.157. The van der Waals surface area contributed by atoms with Crippen molar-refractivity contribution in [1.29, 1.82) is 0 Å². The molecular weight excluding hydrogens is 230 g/mol. The molecule has 0 bridgehead atoms. The predicted octanol–water partition coefficient (Wildman–Crippen LogP) is 2.42. The monoisotopic (exact) mass is 239 g/mol. The fourth-order valence-electron chi connectivity index (χ4n) is 1.60. The summed E-state index contributed by atoms with van der Waals surface area (Å²) in [5, 5.41) is 0. The molecule has 0 spiro atoms. The summed E-state index contributed by atoms with van der Waals surface area (Å²) in [6.45, 7) is 3.54. The van der Waals surface area contributed by atoms with Crippen LogP contribution in [0.2, 0.25) is 0 Å². The molecule has 2 nitrogen and oxygen atoms in total. The van der Waals surface area contributed by atoms with Gasteiger partial charge in [-0.25, -0.2) is 0 Å². The van der Waals surface area contributed by atoms with Gasteiger partial charge in [0.25, 0.3) is 5.91 Å². The zero-order chi connectivity index (χ0) is 9.42. The lowest BCUT2D eigenvalue weighted by Crippen LogP contribution is -2.22. The minimum atomic E-state index is 0.157. The van der Waals surface area contributed by atoms with E-state index in [9.17, 15) is 4.79 Å². The van der Waals surface area contributed by atoms with Crippen molar-refractivity contribution in [3.8, 4) is 0 Å². The zero-order valence-corrected chi connectivity index (χ0v) is 8.97.